The van der Waals surface area contributed by atoms with Crippen LogP contribution >= 0.6 is 0 Å². The highest BCUT2D eigenvalue weighted by Crippen LogP contribution is 2.37. The van der Waals surface area contributed by atoms with Crippen LogP contribution in [0, 0.1) is 5.92 Å². The third-order valence-corrected chi connectivity index (χ3v) is 3.53. The van der Waals surface area contributed by atoms with Gasteiger partial charge in [-0.25, -0.2) is 0 Å². The molecule has 3 nitrogen and oxygen atoms in total. The summed E-state index contributed by atoms with van der Waals surface area (Å²) in [4.78, 5) is 0. The highest BCUT2D eigenvalue weighted by Gasteiger charge is 2.28. The first kappa shape index (κ1) is 10.4. The summed E-state index contributed by atoms with van der Waals surface area (Å²) < 4.78 is 1.83. The van der Waals surface area contributed by atoms with Gasteiger partial charge in [0.2, 0.25) is 0 Å². The Bertz CT molecular complexity index is 530. The van der Waals surface area contributed by atoms with Gasteiger partial charge < -0.3 is 5.32 Å². The molecule has 2 unspecified atom stereocenters. The van der Waals surface area contributed by atoms with Crippen LogP contribution in [-0.4, -0.2) is 9.78 Å². The summed E-state index contributed by atoms with van der Waals surface area (Å²) in [7, 11) is 1.94. The van der Waals surface area contributed by atoms with Gasteiger partial charge in [0.1, 0.15) is 0 Å². The van der Waals surface area contributed by atoms with Crippen molar-refractivity contribution in [2.45, 2.75) is 19.4 Å². The van der Waals surface area contributed by atoms with E-state index in [1.807, 2.05) is 24.1 Å². The molecule has 1 heterocycles. The number of aromatic nitrogens is 2. The molecule has 0 bridgehead atoms. The average Bonchev–Trinajstić information content (AvgIpc) is 2.85. The van der Waals surface area contributed by atoms with Gasteiger partial charge in [-0.3, -0.25) is 4.68 Å². The van der Waals surface area contributed by atoms with Gasteiger partial charge in [0.05, 0.1) is 17.9 Å². The van der Waals surface area contributed by atoms with E-state index in [4.69, 9.17) is 0 Å². The first-order chi connectivity index (χ1) is 8.24. The summed E-state index contributed by atoms with van der Waals surface area (Å²) in [6, 6.07) is 9.12. The molecular formula is C14H17N3. The van der Waals surface area contributed by atoms with Gasteiger partial charge in [-0.05, 0) is 23.5 Å². The van der Waals surface area contributed by atoms with Crippen LogP contribution in [0.1, 0.15) is 24.1 Å². The molecule has 1 N–H and O–H groups in total. The summed E-state index contributed by atoms with van der Waals surface area (Å²) in [5.41, 5.74) is 4.01. The Balaban J connectivity index is 1.88. The highest BCUT2D eigenvalue weighted by molar-refractivity contribution is 5.46. The minimum Gasteiger partial charge on any atom is -0.375 e. The lowest BCUT2D eigenvalue weighted by Gasteiger charge is -2.18. The molecule has 1 aromatic heterocycles. The van der Waals surface area contributed by atoms with E-state index in [0.717, 1.165) is 12.1 Å². The molecule has 0 radical (unpaired) electrons. The minimum atomic E-state index is 0.412. The Morgan fingerprint density at radius 3 is 2.94 bits per heavy atom. The second-order valence-corrected chi connectivity index (χ2v) is 4.90. The van der Waals surface area contributed by atoms with E-state index in [9.17, 15) is 0 Å². The number of hydrogen-bond acceptors (Lipinski definition) is 2. The van der Waals surface area contributed by atoms with Crippen LogP contribution in [0.2, 0.25) is 0 Å². The van der Waals surface area contributed by atoms with Gasteiger partial charge in [-0.1, -0.05) is 31.2 Å². The third-order valence-electron chi connectivity index (χ3n) is 3.53. The lowest BCUT2D eigenvalue weighted by Crippen LogP contribution is -2.13. The number of nitrogens with zero attached hydrogens (tertiary/aromatic N) is 2. The van der Waals surface area contributed by atoms with Crippen LogP contribution in [0.3, 0.4) is 0 Å². The molecule has 1 aliphatic carbocycles. The first-order valence-corrected chi connectivity index (χ1v) is 6.07. The van der Waals surface area contributed by atoms with Gasteiger partial charge in [-0.2, -0.15) is 5.10 Å². The second-order valence-electron chi connectivity index (χ2n) is 4.90. The monoisotopic (exact) mass is 227 g/mol. The molecule has 0 fully saturated rings. The lowest BCUT2D eigenvalue weighted by molar-refractivity contribution is 0.542. The molecule has 2 aromatic rings. The number of rotatable bonds is 2. The maximum atomic E-state index is 4.19. The number of anilines is 1. The number of aryl methyl sites for hydroxylation is 1. The molecule has 0 saturated carbocycles. The van der Waals surface area contributed by atoms with Crippen LogP contribution in [0.15, 0.2) is 36.7 Å². The van der Waals surface area contributed by atoms with Crippen molar-refractivity contribution in [2.24, 2.45) is 13.0 Å². The topological polar surface area (TPSA) is 29.9 Å². The van der Waals surface area contributed by atoms with E-state index >= 15 is 0 Å². The molecule has 17 heavy (non-hydrogen) atoms. The fraction of sp³-hybridized carbons (Fsp3) is 0.357. The predicted octanol–water partition coefficient (Wildman–Crippen LogP) is 2.77. The van der Waals surface area contributed by atoms with Crippen molar-refractivity contribution in [1.82, 2.24) is 9.78 Å². The van der Waals surface area contributed by atoms with Crippen molar-refractivity contribution < 1.29 is 0 Å². The van der Waals surface area contributed by atoms with Crippen LogP contribution in [0.4, 0.5) is 5.69 Å². The zero-order valence-electron chi connectivity index (χ0n) is 10.2. The molecule has 88 valence electrons. The summed E-state index contributed by atoms with van der Waals surface area (Å²) in [6.45, 7) is 2.30. The number of fused-ring (bicyclic) bond motifs is 1. The summed E-state index contributed by atoms with van der Waals surface area (Å²) >= 11 is 0. The normalized spacial score (nSPS) is 22.5. The molecule has 0 spiro atoms. The lowest BCUT2D eigenvalue weighted by atomic mass is 10.0. The zero-order chi connectivity index (χ0) is 11.8. The smallest absolute Gasteiger partial charge is 0.0731 e. The van der Waals surface area contributed by atoms with Crippen LogP contribution in [0.25, 0.3) is 0 Å². The standard InChI is InChI=1S/C14H17N3/c1-10-7-11-5-3-4-6-13(11)14(10)16-12-8-15-17(2)9-12/h3-6,8-10,14,16H,7H2,1-2H3. The highest BCUT2D eigenvalue weighted by atomic mass is 15.3. The average molecular weight is 227 g/mol. The zero-order valence-corrected chi connectivity index (χ0v) is 10.2. The quantitative estimate of drug-likeness (QED) is 0.855. The minimum absolute atomic E-state index is 0.412. The molecule has 3 heteroatoms. The molecule has 1 aliphatic rings. The second kappa shape index (κ2) is 3.91. The SMILES string of the molecule is CC1Cc2ccccc2C1Nc1cnn(C)c1. The van der Waals surface area contributed by atoms with Crippen molar-refractivity contribution >= 4 is 5.69 Å². The summed E-state index contributed by atoms with van der Waals surface area (Å²) in [6.07, 6.45) is 5.06. The van der Waals surface area contributed by atoms with Gasteiger partial charge in [0.15, 0.2) is 0 Å². The van der Waals surface area contributed by atoms with Crippen molar-refractivity contribution in [2.75, 3.05) is 5.32 Å². The Morgan fingerprint density at radius 2 is 2.18 bits per heavy atom. The van der Waals surface area contributed by atoms with Gasteiger partial charge in [0, 0.05) is 13.2 Å². The van der Waals surface area contributed by atoms with E-state index in [-0.39, 0.29) is 0 Å². The van der Waals surface area contributed by atoms with Crippen molar-refractivity contribution in [1.29, 1.82) is 0 Å². The number of nitrogens with one attached hydrogen (secondary N) is 1. The third kappa shape index (κ3) is 1.82. The molecule has 1 aromatic carbocycles. The summed E-state index contributed by atoms with van der Waals surface area (Å²) in [5, 5.41) is 7.78. The Morgan fingerprint density at radius 1 is 1.35 bits per heavy atom. The van der Waals surface area contributed by atoms with Crippen LogP contribution in [0.5, 0.6) is 0 Å². The largest absolute Gasteiger partial charge is 0.375 e. The molecule has 0 saturated heterocycles. The van der Waals surface area contributed by atoms with Crippen LogP contribution < -0.4 is 5.32 Å². The van der Waals surface area contributed by atoms with E-state index in [2.05, 4.69) is 41.6 Å². The van der Waals surface area contributed by atoms with Gasteiger partial charge >= 0.3 is 0 Å². The molecular weight excluding hydrogens is 210 g/mol. The number of benzene rings is 1. The predicted molar refractivity (Wildman–Crippen MR) is 68.9 cm³/mol. The summed E-state index contributed by atoms with van der Waals surface area (Å²) in [5.74, 6) is 0.632. The Hall–Kier alpha value is -1.77. The molecule has 0 amide bonds. The first-order valence-electron chi connectivity index (χ1n) is 6.07. The van der Waals surface area contributed by atoms with E-state index in [0.29, 0.717) is 12.0 Å². The maximum Gasteiger partial charge on any atom is 0.0731 e. The molecule has 0 aliphatic heterocycles. The van der Waals surface area contributed by atoms with E-state index < -0.39 is 0 Å². The fourth-order valence-electron chi connectivity index (χ4n) is 2.69. The number of hydrogen-bond donors (Lipinski definition) is 1. The fourth-order valence-corrected chi connectivity index (χ4v) is 2.69. The maximum absolute atomic E-state index is 4.19. The molecule has 3 rings (SSSR count). The van der Waals surface area contributed by atoms with Gasteiger partial charge in [-0.15, -0.1) is 0 Å². The molecule has 2 atom stereocenters. The van der Waals surface area contributed by atoms with Gasteiger partial charge in [0.25, 0.3) is 0 Å². The Kier molecular flexibility index (Phi) is 2.39. The van der Waals surface area contributed by atoms with Crippen LogP contribution in [-0.2, 0) is 13.5 Å². The van der Waals surface area contributed by atoms with Crippen molar-refractivity contribution in [3.05, 3.63) is 47.8 Å². The Labute approximate surface area is 101 Å². The van der Waals surface area contributed by atoms with E-state index in [1.165, 1.54) is 11.1 Å². The van der Waals surface area contributed by atoms with Crippen molar-refractivity contribution in [3.8, 4) is 0 Å². The van der Waals surface area contributed by atoms with Crippen molar-refractivity contribution in [3.63, 3.8) is 0 Å². The van der Waals surface area contributed by atoms with E-state index in [1.54, 1.807) is 0 Å².